The van der Waals surface area contributed by atoms with E-state index in [0.717, 1.165) is 65.2 Å². The van der Waals surface area contributed by atoms with Crippen molar-refractivity contribution in [1.82, 2.24) is 27.5 Å². The molecule has 0 aliphatic heterocycles. The lowest BCUT2D eigenvalue weighted by molar-refractivity contribution is 0.272. The summed E-state index contributed by atoms with van der Waals surface area (Å²) in [6.07, 6.45) is 9.75. The Hall–Kier alpha value is -2.98. The second-order valence-electron chi connectivity index (χ2n) is 6.08. The number of pyridine rings is 2. The molecule has 0 amide bonds. The van der Waals surface area contributed by atoms with Crippen LogP contribution in [0.5, 0.6) is 11.8 Å². The van der Waals surface area contributed by atoms with Crippen molar-refractivity contribution in [2.45, 2.75) is 19.3 Å². The summed E-state index contributed by atoms with van der Waals surface area (Å²) in [7, 11) is 0. The summed E-state index contributed by atoms with van der Waals surface area (Å²) >= 11 is 2.28. The Kier molecular flexibility index (Phi) is 6.66. The van der Waals surface area contributed by atoms with Gasteiger partial charge in [-0.2, -0.15) is 8.75 Å². The summed E-state index contributed by atoms with van der Waals surface area (Å²) in [5.74, 6) is 1.13. The summed E-state index contributed by atoms with van der Waals surface area (Å²) in [6, 6.07) is 7.63. The molecule has 0 unspecified atom stereocenters. The molecule has 0 aromatic carbocycles. The zero-order valence-corrected chi connectivity index (χ0v) is 17.1. The van der Waals surface area contributed by atoms with Crippen molar-refractivity contribution in [3.63, 3.8) is 0 Å². The largest absolute Gasteiger partial charge is 0.475 e. The number of rotatable bonds is 10. The normalized spacial score (nSPS) is 10.8. The Morgan fingerprint density at radius 1 is 0.655 bits per heavy atom. The van der Waals surface area contributed by atoms with Crippen LogP contribution in [0.3, 0.4) is 0 Å². The zero-order chi connectivity index (χ0) is 19.7. The highest BCUT2D eigenvalue weighted by Crippen LogP contribution is 2.28. The Morgan fingerprint density at radius 3 is 1.62 bits per heavy atom. The van der Waals surface area contributed by atoms with Crippen molar-refractivity contribution in [2.24, 2.45) is 0 Å². The Morgan fingerprint density at radius 2 is 1.17 bits per heavy atom. The topological polar surface area (TPSA) is 95.8 Å². The van der Waals surface area contributed by atoms with Crippen LogP contribution in [0.4, 0.5) is 0 Å². The first-order valence-corrected chi connectivity index (χ1v) is 10.6. The lowest BCUT2D eigenvalue weighted by Crippen LogP contribution is -2.02. The fraction of sp³-hybridized carbons (Fsp3) is 0.263. The monoisotopic (exact) mass is 426 g/mol. The van der Waals surface area contributed by atoms with Gasteiger partial charge in [-0.15, -0.1) is 8.75 Å². The van der Waals surface area contributed by atoms with E-state index in [-0.39, 0.29) is 0 Å². The van der Waals surface area contributed by atoms with Crippen molar-refractivity contribution in [3.8, 4) is 34.3 Å². The van der Waals surface area contributed by atoms with E-state index in [0.29, 0.717) is 25.0 Å². The smallest absolute Gasteiger partial charge is 0.254 e. The van der Waals surface area contributed by atoms with Crippen molar-refractivity contribution >= 4 is 23.5 Å². The lowest BCUT2D eigenvalue weighted by atomic mass is 10.2. The highest BCUT2D eigenvalue weighted by Gasteiger charge is 2.13. The molecule has 0 saturated heterocycles. The third-order valence-electron chi connectivity index (χ3n) is 4.05. The van der Waals surface area contributed by atoms with E-state index in [9.17, 15) is 0 Å². The van der Waals surface area contributed by atoms with Crippen LogP contribution in [0.2, 0.25) is 0 Å². The first-order chi connectivity index (χ1) is 14.4. The third kappa shape index (κ3) is 5.09. The molecule has 4 aromatic heterocycles. The molecule has 4 rings (SSSR count). The first-order valence-electron chi connectivity index (χ1n) is 9.13. The molecule has 0 N–H and O–H groups in total. The van der Waals surface area contributed by atoms with Gasteiger partial charge < -0.3 is 9.47 Å². The lowest BCUT2D eigenvalue weighted by Gasteiger charge is -2.06. The van der Waals surface area contributed by atoms with Crippen LogP contribution in [-0.4, -0.2) is 40.7 Å². The Balaban J connectivity index is 1.18. The molecular formula is C19H18N6O2S2. The number of aromatic nitrogens is 6. The fourth-order valence-electron chi connectivity index (χ4n) is 2.63. The summed E-state index contributed by atoms with van der Waals surface area (Å²) in [6.45, 7) is 1.16. The molecule has 0 atom stereocenters. The van der Waals surface area contributed by atoms with Gasteiger partial charge in [-0.25, -0.2) is 0 Å². The number of ether oxygens (including phenoxy) is 2. The van der Waals surface area contributed by atoms with Crippen LogP contribution >= 0.6 is 23.5 Å². The molecule has 4 aromatic rings. The van der Waals surface area contributed by atoms with E-state index in [2.05, 4.69) is 27.5 Å². The molecule has 0 radical (unpaired) electrons. The van der Waals surface area contributed by atoms with Crippen LogP contribution < -0.4 is 9.47 Å². The van der Waals surface area contributed by atoms with Gasteiger partial charge in [0.05, 0.1) is 36.7 Å². The maximum atomic E-state index is 5.80. The van der Waals surface area contributed by atoms with Gasteiger partial charge in [0, 0.05) is 35.9 Å². The minimum absolute atomic E-state index is 0.564. The van der Waals surface area contributed by atoms with Crippen molar-refractivity contribution in [2.75, 3.05) is 13.2 Å². The van der Waals surface area contributed by atoms with Crippen molar-refractivity contribution < 1.29 is 9.47 Å². The van der Waals surface area contributed by atoms with E-state index >= 15 is 0 Å². The molecule has 0 aliphatic rings. The van der Waals surface area contributed by atoms with Gasteiger partial charge in [0.15, 0.2) is 0 Å². The second-order valence-corrected chi connectivity index (χ2v) is 7.13. The minimum atomic E-state index is 0.564. The van der Waals surface area contributed by atoms with Crippen LogP contribution in [0, 0.1) is 0 Å². The molecule has 0 aliphatic carbocycles. The maximum Gasteiger partial charge on any atom is 0.254 e. The quantitative estimate of drug-likeness (QED) is 0.349. The van der Waals surface area contributed by atoms with Crippen LogP contribution in [0.15, 0.2) is 49.1 Å². The highest BCUT2D eigenvalue weighted by molar-refractivity contribution is 6.99. The van der Waals surface area contributed by atoms with Gasteiger partial charge in [-0.3, -0.25) is 9.97 Å². The molecular weight excluding hydrogens is 408 g/mol. The molecule has 0 bridgehead atoms. The molecule has 10 heteroatoms. The number of hydrogen-bond acceptors (Lipinski definition) is 10. The predicted molar refractivity (Wildman–Crippen MR) is 111 cm³/mol. The van der Waals surface area contributed by atoms with Gasteiger partial charge >= 0.3 is 0 Å². The molecule has 148 valence electrons. The van der Waals surface area contributed by atoms with E-state index in [1.807, 2.05) is 24.3 Å². The van der Waals surface area contributed by atoms with Crippen LogP contribution in [0.25, 0.3) is 22.5 Å². The minimum Gasteiger partial charge on any atom is -0.475 e. The molecule has 8 nitrogen and oxygen atoms in total. The van der Waals surface area contributed by atoms with E-state index in [1.54, 1.807) is 24.8 Å². The van der Waals surface area contributed by atoms with Gasteiger partial charge in [0.25, 0.3) is 11.8 Å². The maximum absolute atomic E-state index is 5.80. The average molecular weight is 427 g/mol. The number of hydrogen-bond donors (Lipinski definition) is 0. The van der Waals surface area contributed by atoms with Crippen LogP contribution in [0.1, 0.15) is 19.3 Å². The molecule has 0 spiro atoms. The first kappa shape index (κ1) is 19.3. The molecule has 29 heavy (non-hydrogen) atoms. The van der Waals surface area contributed by atoms with Gasteiger partial charge in [-0.1, -0.05) is 0 Å². The summed E-state index contributed by atoms with van der Waals surface area (Å²) in [5.41, 5.74) is 3.30. The van der Waals surface area contributed by atoms with E-state index < -0.39 is 0 Å². The fourth-order valence-corrected chi connectivity index (χ4v) is 3.67. The average Bonchev–Trinajstić information content (AvgIpc) is 3.44. The molecule has 4 heterocycles. The second kappa shape index (κ2) is 9.99. The summed E-state index contributed by atoms with van der Waals surface area (Å²) in [5, 5.41) is 0. The summed E-state index contributed by atoms with van der Waals surface area (Å²) in [4.78, 5) is 8.23. The van der Waals surface area contributed by atoms with Gasteiger partial charge in [0.1, 0.15) is 11.4 Å². The third-order valence-corrected chi connectivity index (χ3v) is 5.08. The predicted octanol–water partition coefficient (Wildman–Crippen LogP) is 4.14. The zero-order valence-electron chi connectivity index (χ0n) is 15.5. The van der Waals surface area contributed by atoms with E-state index in [1.165, 1.54) is 0 Å². The summed E-state index contributed by atoms with van der Waals surface area (Å²) < 4.78 is 28.7. The van der Waals surface area contributed by atoms with E-state index in [4.69, 9.17) is 9.47 Å². The standard InChI is InChI=1S/C19H18N6O2S2/c1(2-10-26-18-16(22-28-24-18)14-6-4-8-20-12-14)3-11-27-19-17(23-29-25-19)15-7-5-9-21-13-15/h4-9,12-13H,1-3,10-11H2. The van der Waals surface area contributed by atoms with Gasteiger partial charge in [-0.05, 0) is 43.5 Å². The highest BCUT2D eigenvalue weighted by atomic mass is 32.1. The number of unbranched alkanes of at least 4 members (excludes halogenated alkanes) is 2. The van der Waals surface area contributed by atoms with Gasteiger partial charge in [0.2, 0.25) is 0 Å². The SMILES string of the molecule is c1cncc(-c2nsnc2OCCCCCOc2nsnc2-c2cccnc2)c1. The molecule has 0 fully saturated rings. The molecule has 0 saturated carbocycles. The number of nitrogens with zero attached hydrogens (tertiary/aromatic N) is 6. The van der Waals surface area contributed by atoms with Crippen molar-refractivity contribution in [1.29, 1.82) is 0 Å². The Bertz CT molecular complexity index is 928. The van der Waals surface area contributed by atoms with Crippen LogP contribution in [-0.2, 0) is 0 Å². The van der Waals surface area contributed by atoms with Crippen molar-refractivity contribution in [3.05, 3.63) is 49.1 Å². The Labute approximate surface area is 176 Å².